The smallest absolute Gasteiger partial charge is 0.230 e. The van der Waals surface area contributed by atoms with Crippen LogP contribution in [0.3, 0.4) is 0 Å². The molecule has 33 heavy (non-hydrogen) atoms. The summed E-state index contributed by atoms with van der Waals surface area (Å²) in [6.45, 7) is 7.20. The second-order valence-corrected chi connectivity index (χ2v) is 8.94. The van der Waals surface area contributed by atoms with Gasteiger partial charge >= 0.3 is 0 Å². The predicted octanol–water partition coefficient (Wildman–Crippen LogP) is 3.62. The highest BCUT2D eigenvalue weighted by molar-refractivity contribution is 7.99. The molecule has 1 saturated heterocycles. The van der Waals surface area contributed by atoms with Gasteiger partial charge in [0.2, 0.25) is 5.91 Å². The van der Waals surface area contributed by atoms with Crippen molar-refractivity contribution in [3.05, 3.63) is 72.8 Å². The molecule has 0 radical (unpaired) electrons. The minimum absolute atomic E-state index is 0.0192. The number of ether oxygens (including phenoxy) is 1. The van der Waals surface area contributed by atoms with E-state index < -0.39 is 0 Å². The molecule has 0 aliphatic carbocycles. The molecular formula is C25H29N5O2S. The quantitative estimate of drug-likeness (QED) is 0.366. The van der Waals surface area contributed by atoms with Crippen LogP contribution in [0, 0.1) is 0 Å². The van der Waals surface area contributed by atoms with Crippen molar-refractivity contribution >= 4 is 17.7 Å². The van der Waals surface area contributed by atoms with Crippen molar-refractivity contribution in [1.82, 2.24) is 25.0 Å². The summed E-state index contributed by atoms with van der Waals surface area (Å²) in [5.74, 6) is 1.85. The average Bonchev–Trinajstić information content (AvgIpc) is 3.45. The lowest BCUT2D eigenvalue weighted by Gasteiger charge is -2.16. The first-order chi connectivity index (χ1) is 16.2. The van der Waals surface area contributed by atoms with Gasteiger partial charge in [-0.3, -0.25) is 14.3 Å². The number of nitrogens with zero attached hydrogens (tertiary/aromatic N) is 4. The highest BCUT2D eigenvalue weighted by atomic mass is 32.2. The van der Waals surface area contributed by atoms with Crippen molar-refractivity contribution < 1.29 is 9.53 Å². The fraction of sp³-hybridized carbons (Fsp3) is 0.320. The van der Waals surface area contributed by atoms with E-state index in [1.165, 1.54) is 17.3 Å². The summed E-state index contributed by atoms with van der Waals surface area (Å²) < 4.78 is 7.21. The van der Waals surface area contributed by atoms with Gasteiger partial charge in [0.25, 0.3) is 0 Å². The third-order valence-electron chi connectivity index (χ3n) is 5.60. The predicted molar refractivity (Wildman–Crippen MR) is 131 cm³/mol. The van der Waals surface area contributed by atoms with Crippen LogP contribution < -0.4 is 10.1 Å². The van der Waals surface area contributed by atoms with E-state index in [1.54, 1.807) is 13.2 Å². The van der Waals surface area contributed by atoms with Gasteiger partial charge in [-0.1, -0.05) is 48.2 Å². The molecule has 1 aromatic heterocycles. The van der Waals surface area contributed by atoms with Crippen molar-refractivity contribution in [2.24, 2.45) is 0 Å². The minimum Gasteiger partial charge on any atom is -0.497 e. The Bertz CT molecular complexity index is 1070. The molecule has 172 valence electrons. The maximum atomic E-state index is 12.6. The molecular weight excluding hydrogens is 434 g/mol. The molecule has 1 fully saturated rings. The van der Waals surface area contributed by atoms with Crippen molar-refractivity contribution in [2.75, 3.05) is 26.0 Å². The first-order valence-corrected chi connectivity index (χ1v) is 12.0. The normalized spacial score (nSPS) is 16.0. The molecule has 2 heterocycles. The Morgan fingerprint density at radius 2 is 2.00 bits per heavy atom. The van der Waals surface area contributed by atoms with Crippen LogP contribution in [0.1, 0.15) is 12.0 Å². The zero-order chi connectivity index (χ0) is 23.0. The molecule has 0 spiro atoms. The number of hydrogen-bond acceptors (Lipinski definition) is 6. The van der Waals surface area contributed by atoms with Crippen molar-refractivity contribution in [1.29, 1.82) is 0 Å². The Hall–Kier alpha value is -3.10. The van der Waals surface area contributed by atoms with Crippen LogP contribution in [-0.2, 0) is 17.9 Å². The number of carbonyl (C=O) groups is 1. The lowest BCUT2D eigenvalue weighted by atomic mass is 10.2. The molecule has 3 aromatic rings. The molecule has 2 aromatic carbocycles. The Kier molecular flexibility index (Phi) is 7.80. The van der Waals surface area contributed by atoms with Gasteiger partial charge < -0.3 is 10.1 Å². The number of nitrogens with one attached hydrogen (secondary N) is 1. The molecule has 1 atom stereocenters. The van der Waals surface area contributed by atoms with Crippen molar-refractivity contribution in [3.8, 4) is 17.1 Å². The zero-order valence-corrected chi connectivity index (χ0v) is 19.6. The van der Waals surface area contributed by atoms with Gasteiger partial charge in [-0.05, 0) is 36.2 Å². The van der Waals surface area contributed by atoms with Crippen molar-refractivity contribution in [3.63, 3.8) is 0 Å². The fourth-order valence-electron chi connectivity index (χ4n) is 3.98. The molecule has 1 aliphatic rings. The number of carbonyl (C=O) groups excluding carboxylic acids is 1. The third kappa shape index (κ3) is 6.03. The topological polar surface area (TPSA) is 72.3 Å². The van der Waals surface area contributed by atoms with Crippen LogP contribution in [0.25, 0.3) is 11.4 Å². The summed E-state index contributed by atoms with van der Waals surface area (Å²) >= 11 is 1.40. The van der Waals surface area contributed by atoms with Crippen LogP contribution in [0.5, 0.6) is 5.75 Å². The number of hydrogen-bond donors (Lipinski definition) is 1. The van der Waals surface area contributed by atoms with Gasteiger partial charge in [0.15, 0.2) is 11.0 Å². The molecule has 7 nitrogen and oxygen atoms in total. The van der Waals surface area contributed by atoms with Crippen LogP contribution >= 0.6 is 11.8 Å². The van der Waals surface area contributed by atoms with Gasteiger partial charge in [0.05, 0.1) is 12.9 Å². The van der Waals surface area contributed by atoms with E-state index in [1.807, 2.05) is 34.9 Å². The van der Waals surface area contributed by atoms with E-state index in [9.17, 15) is 4.79 Å². The number of thioether (sulfide) groups is 1. The summed E-state index contributed by atoms with van der Waals surface area (Å²) in [4.78, 5) is 15.0. The molecule has 8 heteroatoms. The summed E-state index contributed by atoms with van der Waals surface area (Å²) in [7, 11) is 1.64. The van der Waals surface area contributed by atoms with Gasteiger partial charge in [-0.25, -0.2) is 0 Å². The lowest BCUT2D eigenvalue weighted by Crippen LogP contribution is -2.38. The summed E-state index contributed by atoms with van der Waals surface area (Å²) in [5, 5.41) is 12.6. The van der Waals surface area contributed by atoms with Crippen molar-refractivity contribution in [2.45, 2.75) is 30.7 Å². The number of allylic oxidation sites excluding steroid dienone is 1. The summed E-state index contributed by atoms with van der Waals surface area (Å²) in [5.41, 5.74) is 2.24. The summed E-state index contributed by atoms with van der Waals surface area (Å²) in [6.07, 6.45) is 2.78. The number of aromatic nitrogens is 3. The SMILES string of the molecule is C=CCn1c(SCC(=O)N[C@@H]2CCN(Cc3ccccc3)C2)nnc1-c1ccc(OC)cc1. The second-order valence-electron chi connectivity index (χ2n) is 8.00. The van der Waals surface area contributed by atoms with Crippen LogP contribution in [0.4, 0.5) is 0 Å². The van der Waals surface area contributed by atoms with Gasteiger partial charge in [0.1, 0.15) is 5.75 Å². The zero-order valence-electron chi connectivity index (χ0n) is 18.8. The van der Waals surface area contributed by atoms with Crippen LogP contribution in [0.15, 0.2) is 72.4 Å². The maximum absolute atomic E-state index is 12.6. The molecule has 1 aliphatic heterocycles. The summed E-state index contributed by atoms with van der Waals surface area (Å²) in [6, 6.07) is 18.3. The molecule has 0 bridgehead atoms. The van der Waals surface area contributed by atoms with Gasteiger partial charge in [0, 0.05) is 37.8 Å². The van der Waals surface area contributed by atoms with Gasteiger partial charge in [-0.2, -0.15) is 0 Å². The highest BCUT2D eigenvalue weighted by Crippen LogP contribution is 2.26. The van der Waals surface area contributed by atoms with E-state index >= 15 is 0 Å². The number of methoxy groups -OCH3 is 1. The molecule has 0 unspecified atom stereocenters. The van der Waals surface area contributed by atoms with Gasteiger partial charge in [-0.15, -0.1) is 16.8 Å². The Morgan fingerprint density at radius 1 is 1.21 bits per heavy atom. The number of amides is 1. The number of rotatable bonds is 10. The first kappa shape index (κ1) is 23.1. The maximum Gasteiger partial charge on any atom is 0.230 e. The van der Waals surface area contributed by atoms with Crippen LogP contribution in [-0.4, -0.2) is 57.6 Å². The molecule has 1 amide bonds. The van der Waals surface area contributed by atoms with E-state index in [-0.39, 0.29) is 11.9 Å². The largest absolute Gasteiger partial charge is 0.497 e. The standard InChI is InChI=1S/C25H29N5O2S/c1-3-14-30-24(20-9-11-22(32-2)12-10-20)27-28-25(30)33-18-23(31)26-21-13-15-29(17-21)16-19-7-5-4-6-8-19/h3-12,21H,1,13-18H2,2H3,(H,26,31)/t21-/m1/s1. The van der Waals surface area contributed by atoms with E-state index in [0.717, 1.165) is 43.2 Å². The molecule has 1 N–H and O–H groups in total. The lowest BCUT2D eigenvalue weighted by molar-refractivity contribution is -0.119. The second kappa shape index (κ2) is 11.2. The Balaban J connectivity index is 1.31. The Labute approximate surface area is 198 Å². The van der Waals surface area contributed by atoms with E-state index in [0.29, 0.717) is 17.5 Å². The first-order valence-electron chi connectivity index (χ1n) is 11.0. The van der Waals surface area contributed by atoms with E-state index in [4.69, 9.17) is 4.74 Å². The number of likely N-dealkylation sites (tertiary alicyclic amines) is 1. The molecule has 0 saturated carbocycles. The van der Waals surface area contributed by atoms with Crippen LogP contribution in [0.2, 0.25) is 0 Å². The highest BCUT2D eigenvalue weighted by Gasteiger charge is 2.24. The minimum atomic E-state index is 0.0192. The Morgan fingerprint density at radius 3 is 2.73 bits per heavy atom. The van der Waals surface area contributed by atoms with E-state index in [2.05, 4.69) is 51.3 Å². The third-order valence-corrected chi connectivity index (χ3v) is 6.56. The molecule has 4 rings (SSSR count). The average molecular weight is 464 g/mol. The monoisotopic (exact) mass is 463 g/mol. The fourth-order valence-corrected chi connectivity index (χ4v) is 4.74. The number of benzene rings is 2.